The Morgan fingerprint density at radius 1 is 0.714 bits per heavy atom. The lowest BCUT2D eigenvalue weighted by molar-refractivity contribution is -0.165. The molecule has 3 atom stereocenters. The van der Waals surface area contributed by atoms with E-state index in [1.807, 2.05) is 0 Å². The maximum atomic E-state index is 13.4. The van der Waals surface area contributed by atoms with Gasteiger partial charge in [-0.3, -0.25) is 14.5 Å². The molecule has 268 valence electrons. The fourth-order valence-electron chi connectivity index (χ4n) is 4.17. The van der Waals surface area contributed by atoms with Crippen molar-refractivity contribution in [2.24, 2.45) is 0 Å². The zero-order chi connectivity index (χ0) is 36.8. The number of carboxylic acid groups (broad SMARTS) is 2. The smallest absolute Gasteiger partial charge is 0.410 e. The SMILES string of the molecule is CC(C)(C)OC(=O)C[C@H](NC[C@H](C(=O)O)N(C[C@@H](NC(=O)OCc1ccccc1)C(=O)O)C(=O)OCc1ccccc1)C(=O)OC(C)(C)C. The van der Waals surface area contributed by atoms with E-state index in [0.29, 0.717) is 16.0 Å². The number of carbonyl (C=O) groups excluding carboxylic acids is 4. The van der Waals surface area contributed by atoms with Crippen molar-refractivity contribution < 1.29 is 57.9 Å². The second-order valence-corrected chi connectivity index (χ2v) is 12.9. The lowest BCUT2D eigenvalue weighted by atomic mass is 10.1. The van der Waals surface area contributed by atoms with Crippen LogP contribution in [0.3, 0.4) is 0 Å². The van der Waals surface area contributed by atoms with E-state index in [1.165, 1.54) is 0 Å². The van der Waals surface area contributed by atoms with Gasteiger partial charge in [0, 0.05) is 6.54 Å². The molecule has 2 rings (SSSR count). The van der Waals surface area contributed by atoms with E-state index in [0.717, 1.165) is 0 Å². The molecule has 2 amide bonds. The molecule has 0 heterocycles. The molecule has 4 N–H and O–H groups in total. The van der Waals surface area contributed by atoms with Crippen molar-refractivity contribution in [2.75, 3.05) is 13.1 Å². The number of benzene rings is 2. The molecule has 2 aromatic carbocycles. The van der Waals surface area contributed by atoms with Crippen LogP contribution in [-0.4, -0.2) is 93.6 Å². The first-order valence-corrected chi connectivity index (χ1v) is 15.4. The van der Waals surface area contributed by atoms with E-state index in [-0.39, 0.29) is 13.2 Å². The Labute approximate surface area is 284 Å². The number of carboxylic acids is 2. The number of hydrogen-bond acceptors (Lipinski definition) is 11. The van der Waals surface area contributed by atoms with Crippen LogP contribution in [0.15, 0.2) is 60.7 Å². The summed E-state index contributed by atoms with van der Waals surface area (Å²) in [5.74, 6) is -4.90. The molecular formula is C34H45N3O12. The van der Waals surface area contributed by atoms with Crippen molar-refractivity contribution in [1.82, 2.24) is 15.5 Å². The lowest BCUT2D eigenvalue weighted by Crippen LogP contribution is -2.58. The van der Waals surface area contributed by atoms with Gasteiger partial charge in [0.2, 0.25) is 0 Å². The maximum Gasteiger partial charge on any atom is 0.410 e. The fraction of sp³-hybridized carbons (Fsp3) is 0.471. The van der Waals surface area contributed by atoms with Crippen LogP contribution < -0.4 is 10.6 Å². The average molecular weight is 688 g/mol. The summed E-state index contributed by atoms with van der Waals surface area (Å²) in [5.41, 5.74) is -0.682. The zero-order valence-corrected chi connectivity index (χ0v) is 28.5. The van der Waals surface area contributed by atoms with Crippen molar-refractivity contribution in [3.05, 3.63) is 71.8 Å². The molecule has 0 aliphatic carbocycles. The Kier molecular flexibility index (Phi) is 15.0. The van der Waals surface area contributed by atoms with Gasteiger partial charge in [0.15, 0.2) is 0 Å². The first-order chi connectivity index (χ1) is 22.8. The van der Waals surface area contributed by atoms with Gasteiger partial charge in [-0.2, -0.15) is 0 Å². The Hall–Kier alpha value is -5.18. The van der Waals surface area contributed by atoms with Gasteiger partial charge in [0.05, 0.1) is 13.0 Å². The van der Waals surface area contributed by atoms with Gasteiger partial charge >= 0.3 is 36.1 Å². The molecule has 0 fully saturated rings. The molecule has 0 saturated carbocycles. The van der Waals surface area contributed by atoms with Crippen LogP contribution in [-0.2, 0) is 51.3 Å². The second-order valence-electron chi connectivity index (χ2n) is 12.9. The molecule has 0 aliphatic rings. The molecule has 0 saturated heterocycles. The molecule has 2 aromatic rings. The largest absolute Gasteiger partial charge is 0.480 e. The van der Waals surface area contributed by atoms with Crippen LogP contribution in [0.25, 0.3) is 0 Å². The van der Waals surface area contributed by atoms with Crippen LogP contribution in [0.4, 0.5) is 9.59 Å². The molecule has 0 aliphatic heterocycles. The highest BCUT2D eigenvalue weighted by molar-refractivity contribution is 5.85. The van der Waals surface area contributed by atoms with Crippen molar-refractivity contribution >= 4 is 36.1 Å². The van der Waals surface area contributed by atoms with E-state index in [9.17, 15) is 39.0 Å². The summed E-state index contributed by atoms with van der Waals surface area (Å²) in [7, 11) is 0. The minimum Gasteiger partial charge on any atom is -0.480 e. The molecule has 49 heavy (non-hydrogen) atoms. The van der Waals surface area contributed by atoms with Crippen molar-refractivity contribution in [2.45, 2.75) is 90.5 Å². The number of esters is 2. The van der Waals surface area contributed by atoms with Crippen LogP contribution in [0.5, 0.6) is 0 Å². The van der Waals surface area contributed by atoms with E-state index < -0.39 is 84.9 Å². The molecule has 0 aromatic heterocycles. The predicted octanol–water partition coefficient (Wildman–Crippen LogP) is 3.49. The van der Waals surface area contributed by atoms with E-state index in [4.69, 9.17) is 18.9 Å². The third kappa shape index (κ3) is 15.5. The highest BCUT2D eigenvalue weighted by atomic mass is 16.6. The Morgan fingerprint density at radius 2 is 1.22 bits per heavy atom. The molecular weight excluding hydrogens is 642 g/mol. The third-order valence-corrected chi connectivity index (χ3v) is 6.32. The fourth-order valence-corrected chi connectivity index (χ4v) is 4.17. The summed E-state index contributed by atoms with van der Waals surface area (Å²) < 4.78 is 21.2. The predicted molar refractivity (Wildman–Crippen MR) is 174 cm³/mol. The highest BCUT2D eigenvalue weighted by Gasteiger charge is 2.38. The summed E-state index contributed by atoms with van der Waals surface area (Å²) in [6.07, 6.45) is -2.92. The van der Waals surface area contributed by atoms with Gasteiger partial charge in [0.25, 0.3) is 0 Å². The maximum absolute atomic E-state index is 13.4. The molecule has 0 radical (unpaired) electrons. The van der Waals surface area contributed by atoms with Crippen LogP contribution in [0, 0.1) is 0 Å². The standard InChI is InChI=1S/C34H45N3O12/c1-33(2,3)48-27(38)17-24(30(43)49-34(4,5)6)35-18-26(29(41)42)37(32(45)47-21-23-15-11-8-12-16-23)19-25(28(39)40)36-31(44)46-20-22-13-9-7-10-14-22/h7-16,24-26,35H,17-21H2,1-6H3,(H,36,44)(H,39,40)(H,41,42)/t24-,25+,26+/m0/s1. The number of amides is 2. The number of aliphatic carboxylic acids is 2. The first-order valence-electron chi connectivity index (χ1n) is 15.4. The van der Waals surface area contributed by atoms with Gasteiger partial charge < -0.3 is 39.8 Å². The van der Waals surface area contributed by atoms with Crippen molar-refractivity contribution in [3.63, 3.8) is 0 Å². The highest BCUT2D eigenvalue weighted by Crippen LogP contribution is 2.15. The summed E-state index contributed by atoms with van der Waals surface area (Å²) in [6, 6.07) is 11.9. The summed E-state index contributed by atoms with van der Waals surface area (Å²) in [4.78, 5) is 77.2. The normalized spacial score (nSPS) is 13.2. The van der Waals surface area contributed by atoms with Gasteiger partial charge in [-0.15, -0.1) is 0 Å². The number of hydrogen-bond donors (Lipinski definition) is 4. The molecule has 0 unspecified atom stereocenters. The summed E-state index contributed by atoms with van der Waals surface area (Å²) >= 11 is 0. The topological polar surface area (TPSA) is 207 Å². The lowest BCUT2D eigenvalue weighted by Gasteiger charge is -2.32. The number of nitrogens with one attached hydrogen (secondary N) is 2. The molecule has 0 bridgehead atoms. The number of ether oxygens (including phenoxy) is 4. The molecule has 15 nitrogen and oxygen atoms in total. The minimum absolute atomic E-state index is 0.187. The second kappa shape index (κ2) is 18.4. The summed E-state index contributed by atoms with van der Waals surface area (Å²) in [6.45, 7) is 7.66. The number of alkyl carbamates (subject to hydrolysis) is 1. The van der Waals surface area contributed by atoms with Gasteiger partial charge in [0.1, 0.15) is 42.5 Å². The van der Waals surface area contributed by atoms with Gasteiger partial charge in [-0.25, -0.2) is 19.2 Å². The third-order valence-electron chi connectivity index (χ3n) is 6.32. The molecule has 0 spiro atoms. The Bertz CT molecular complexity index is 1420. The Balaban J connectivity index is 2.35. The van der Waals surface area contributed by atoms with Gasteiger partial charge in [-0.05, 0) is 52.7 Å². The number of carbonyl (C=O) groups is 6. The van der Waals surface area contributed by atoms with Crippen molar-refractivity contribution in [3.8, 4) is 0 Å². The van der Waals surface area contributed by atoms with E-state index >= 15 is 0 Å². The van der Waals surface area contributed by atoms with E-state index in [2.05, 4.69) is 10.6 Å². The number of nitrogens with zero attached hydrogens (tertiary/aromatic N) is 1. The minimum atomic E-state index is -1.86. The zero-order valence-electron chi connectivity index (χ0n) is 28.5. The molecule has 15 heteroatoms. The number of rotatable bonds is 16. The van der Waals surface area contributed by atoms with Gasteiger partial charge in [-0.1, -0.05) is 60.7 Å². The van der Waals surface area contributed by atoms with Crippen LogP contribution >= 0.6 is 0 Å². The quantitative estimate of drug-likeness (QED) is 0.147. The first kappa shape index (κ1) is 40.0. The monoisotopic (exact) mass is 687 g/mol. The summed E-state index contributed by atoms with van der Waals surface area (Å²) in [5, 5.41) is 25.0. The van der Waals surface area contributed by atoms with Crippen LogP contribution in [0.1, 0.15) is 59.1 Å². The average Bonchev–Trinajstić information content (AvgIpc) is 3.00. The Morgan fingerprint density at radius 3 is 1.69 bits per heavy atom. The van der Waals surface area contributed by atoms with E-state index in [1.54, 1.807) is 102 Å². The van der Waals surface area contributed by atoms with Crippen molar-refractivity contribution in [1.29, 1.82) is 0 Å². The van der Waals surface area contributed by atoms with Crippen LogP contribution in [0.2, 0.25) is 0 Å².